The van der Waals surface area contributed by atoms with E-state index in [-0.39, 0.29) is 5.75 Å². The molecule has 11 heteroatoms. The Kier molecular flexibility index (Phi) is 7.74. The van der Waals surface area contributed by atoms with Crippen LogP contribution in [0.1, 0.15) is 18.4 Å². The minimum Gasteiger partial charge on any atom is -0.377 e. The maximum absolute atomic E-state index is 12.9. The van der Waals surface area contributed by atoms with E-state index in [1.165, 1.54) is 12.8 Å². The van der Waals surface area contributed by atoms with Crippen LogP contribution in [0.5, 0.6) is 0 Å². The summed E-state index contributed by atoms with van der Waals surface area (Å²) in [5.41, 5.74) is 0.703. The minimum absolute atomic E-state index is 0.0387. The van der Waals surface area contributed by atoms with Crippen LogP contribution >= 0.6 is 11.6 Å². The monoisotopic (exact) mass is 520 g/mol. The van der Waals surface area contributed by atoms with Crippen molar-refractivity contribution in [2.45, 2.75) is 24.7 Å². The summed E-state index contributed by atoms with van der Waals surface area (Å²) < 4.78 is 33.1. The molecule has 35 heavy (non-hydrogen) atoms. The number of hydrogen-bond acceptors (Lipinski definition) is 8. The number of halogens is 1. The molecule has 3 aliphatic rings. The zero-order chi connectivity index (χ0) is 24.3. The highest BCUT2D eigenvalue weighted by Gasteiger charge is 2.28. The molecule has 1 aromatic heterocycles. The molecular weight excluding hydrogens is 488 g/mol. The first kappa shape index (κ1) is 24.7. The molecule has 2 aromatic rings. The number of aromatic nitrogens is 2. The van der Waals surface area contributed by atoms with Crippen LogP contribution < -0.4 is 9.80 Å². The topological polar surface area (TPSA) is 82.1 Å². The SMILES string of the molecule is O=S(=O)(Cc1cccc(Cl)c1)N1CCN(c2ccc(N3CCN(CC4CCCO4)CC3)nn2)CC1. The lowest BCUT2D eigenvalue weighted by Crippen LogP contribution is -2.49. The highest BCUT2D eigenvalue weighted by Crippen LogP contribution is 2.21. The first-order valence-corrected chi connectivity index (χ1v) is 14.3. The van der Waals surface area contributed by atoms with Crippen LogP contribution in [0.15, 0.2) is 36.4 Å². The molecule has 0 radical (unpaired) electrons. The van der Waals surface area contributed by atoms with Gasteiger partial charge in [0, 0.05) is 70.5 Å². The lowest BCUT2D eigenvalue weighted by molar-refractivity contribution is 0.0712. The van der Waals surface area contributed by atoms with Gasteiger partial charge in [-0.25, -0.2) is 8.42 Å². The van der Waals surface area contributed by atoms with Crippen LogP contribution in [0.3, 0.4) is 0 Å². The molecular formula is C24H33ClN6O3S. The lowest BCUT2D eigenvalue weighted by atomic mass is 10.2. The maximum Gasteiger partial charge on any atom is 0.218 e. The second-order valence-electron chi connectivity index (χ2n) is 9.44. The van der Waals surface area contributed by atoms with Crippen molar-refractivity contribution < 1.29 is 13.2 Å². The number of ether oxygens (including phenoxy) is 1. The van der Waals surface area contributed by atoms with Gasteiger partial charge in [0.2, 0.25) is 10.0 Å². The Bertz CT molecular complexity index is 1080. The molecule has 190 valence electrons. The second kappa shape index (κ2) is 11.0. The second-order valence-corrected chi connectivity index (χ2v) is 11.8. The largest absolute Gasteiger partial charge is 0.377 e. The third-order valence-electron chi connectivity index (χ3n) is 7.01. The molecule has 3 fully saturated rings. The van der Waals surface area contributed by atoms with Crippen molar-refractivity contribution in [2.75, 3.05) is 75.3 Å². The van der Waals surface area contributed by atoms with E-state index in [9.17, 15) is 8.42 Å². The number of rotatable bonds is 7. The van der Waals surface area contributed by atoms with Crippen molar-refractivity contribution in [1.82, 2.24) is 19.4 Å². The molecule has 3 aliphatic heterocycles. The van der Waals surface area contributed by atoms with Gasteiger partial charge in [-0.1, -0.05) is 23.7 Å². The average molecular weight is 521 g/mol. The van der Waals surface area contributed by atoms with Gasteiger partial charge in [0.05, 0.1) is 11.9 Å². The molecule has 9 nitrogen and oxygen atoms in total. The predicted molar refractivity (Wildman–Crippen MR) is 138 cm³/mol. The van der Waals surface area contributed by atoms with Crippen molar-refractivity contribution in [3.63, 3.8) is 0 Å². The minimum atomic E-state index is -3.40. The van der Waals surface area contributed by atoms with Gasteiger partial charge < -0.3 is 14.5 Å². The fraction of sp³-hybridized carbons (Fsp3) is 0.583. The summed E-state index contributed by atoms with van der Waals surface area (Å²) in [4.78, 5) is 6.86. The van der Waals surface area contributed by atoms with Crippen molar-refractivity contribution in [1.29, 1.82) is 0 Å². The van der Waals surface area contributed by atoms with Gasteiger partial charge in [-0.15, -0.1) is 10.2 Å². The first-order chi connectivity index (χ1) is 17.0. The van der Waals surface area contributed by atoms with E-state index in [1.807, 2.05) is 12.1 Å². The number of anilines is 2. The average Bonchev–Trinajstić information content (AvgIpc) is 3.38. The fourth-order valence-electron chi connectivity index (χ4n) is 5.02. The van der Waals surface area contributed by atoms with Crippen LogP contribution in [-0.2, 0) is 20.5 Å². The quantitative estimate of drug-likeness (QED) is 0.549. The molecule has 1 atom stereocenters. The van der Waals surface area contributed by atoms with Crippen LogP contribution in [0.2, 0.25) is 5.02 Å². The summed E-state index contributed by atoms with van der Waals surface area (Å²) in [6.07, 6.45) is 2.75. The number of piperazine rings is 2. The summed E-state index contributed by atoms with van der Waals surface area (Å²) >= 11 is 6.01. The standard InChI is InChI=1S/C24H33ClN6O3S/c25-21-4-1-3-20(17-21)19-35(32,33)31-14-12-30(13-15-31)24-7-6-23(26-27-24)29-10-8-28(9-11-29)18-22-5-2-16-34-22/h1,3-4,6-7,17,22H,2,5,8-16,18-19H2. The third-order valence-corrected chi connectivity index (χ3v) is 9.10. The van der Waals surface area contributed by atoms with Crippen LogP contribution in [-0.4, -0.2) is 99.4 Å². The summed E-state index contributed by atoms with van der Waals surface area (Å²) in [6, 6.07) is 11.0. The smallest absolute Gasteiger partial charge is 0.218 e. The summed E-state index contributed by atoms with van der Waals surface area (Å²) in [5, 5.41) is 9.49. The van der Waals surface area contributed by atoms with Crippen molar-refractivity contribution in [2.24, 2.45) is 0 Å². The van der Waals surface area contributed by atoms with Crippen molar-refractivity contribution in [3.8, 4) is 0 Å². The van der Waals surface area contributed by atoms with Crippen LogP contribution in [0, 0.1) is 0 Å². The van der Waals surface area contributed by atoms with Gasteiger partial charge in [-0.3, -0.25) is 4.90 Å². The molecule has 0 spiro atoms. The molecule has 1 aromatic carbocycles. The molecule has 0 N–H and O–H groups in total. The number of sulfonamides is 1. The van der Waals surface area contributed by atoms with E-state index in [0.717, 1.165) is 51.0 Å². The van der Waals surface area contributed by atoms with Gasteiger partial charge in [0.1, 0.15) is 0 Å². The molecule has 5 rings (SSSR count). The number of nitrogens with zero attached hydrogens (tertiary/aromatic N) is 6. The molecule has 0 amide bonds. The summed E-state index contributed by atoms with van der Waals surface area (Å²) in [6.45, 7) is 7.85. The summed E-state index contributed by atoms with van der Waals surface area (Å²) in [7, 11) is -3.40. The highest BCUT2D eigenvalue weighted by atomic mass is 35.5. The van der Waals surface area contributed by atoms with E-state index < -0.39 is 10.0 Å². The molecule has 0 saturated carbocycles. The van der Waals surface area contributed by atoms with Crippen LogP contribution in [0.25, 0.3) is 0 Å². The Labute approximate surface area is 212 Å². The van der Waals surface area contributed by atoms with E-state index in [2.05, 4.69) is 24.9 Å². The Hall–Kier alpha value is -1.98. The summed E-state index contributed by atoms with van der Waals surface area (Å²) in [5.74, 6) is 1.65. The van der Waals surface area contributed by atoms with Gasteiger partial charge >= 0.3 is 0 Å². The Morgan fingerprint density at radius 1 is 0.914 bits per heavy atom. The van der Waals surface area contributed by atoms with Crippen LogP contribution in [0.4, 0.5) is 11.6 Å². The third kappa shape index (κ3) is 6.24. The number of hydrogen-bond donors (Lipinski definition) is 0. The van der Waals surface area contributed by atoms with Gasteiger partial charge in [0.25, 0.3) is 0 Å². The van der Waals surface area contributed by atoms with Gasteiger partial charge in [-0.2, -0.15) is 4.31 Å². The Balaban J connectivity index is 1.10. The van der Waals surface area contributed by atoms with E-state index in [4.69, 9.17) is 16.3 Å². The first-order valence-electron chi connectivity index (χ1n) is 12.4. The maximum atomic E-state index is 12.9. The van der Waals surface area contributed by atoms with Gasteiger partial charge in [-0.05, 0) is 42.7 Å². The fourth-order valence-corrected chi connectivity index (χ4v) is 6.73. The molecule has 1 unspecified atom stereocenters. The highest BCUT2D eigenvalue weighted by molar-refractivity contribution is 7.88. The zero-order valence-corrected chi connectivity index (χ0v) is 21.5. The van der Waals surface area contributed by atoms with Gasteiger partial charge in [0.15, 0.2) is 11.6 Å². The predicted octanol–water partition coefficient (Wildman–Crippen LogP) is 2.08. The van der Waals surface area contributed by atoms with E-state index >= 15 is 0 Å². The molecule has 0 bridgehead atoms. The van der Waals surface area contributed by atoms with Crippen molar-refractivity contribution in [3.05, 3.63) is 47.0 Å². The van der Waals surface area contributed by atoms with E-state index in [1.54, 1.807) is 28.6 Å². The lowest BCUT2D eigenvalue weighted by Gasteiger charge is -2.36. The van der Waals surface area contributed by atoms with E-state index in [0.29, 0.717) is 42.9 Å². The Morgan fingerprint density at radius 2 is 1.57 bits per heavy atom. The molecule has 0 aliphatic carbocycles. The zero-order valence-electron chi connectivity index (χ0n) is 19.9. The number of benzene rings is 1. The Morgan fingerprint density at radius 3 is 2.14 bits per heavy atom. The van der Waals surface area contributed by atoms with Crippen molar-refractivity contribution >= 4 is 33.3 Å². The molecule has 4 heterocycles. The normalized spacial score (nSPS) is 22.6. The molecule has 3 saturated heterocycles.